The molecule has 0 N–H and O–H groups in total. The number of rotatable bonds is 5. The maximum atomic E-state index is 13.0. The van der Waals surface area contributed by atoms with E-state index in [-0.39, 0.29) is 5.91 Å². The van der Waals surface area contributed by atoms with Crippen molar-refractivity contribution in [3.63, 3.8) is 0 Å². The van der Waals surface area contributed by atoms with E-state index in [9.17, 15) is 4.79 Å². The molecule has 0 fully saturated rings. The topological polar surface area (TPSA) is 51.3 Å². The second-order valence-corrected chi connectivity index (χ2v) is 6.93. The number of hydrogen-bond acceptors (Lipinski definition) is 3. The molecule has 2 aromatic heterocycles. The third-order valence-corrected chi connectivity index (χ3v) is 4.95. The maximum absolute atomic E-state index is 13.0. The van der Waals surface area contributed by atoms with Gasteiger partial charge in [0.25, 0.3) is 5.91 Å². The van der Waals surface area contributed by atoms with Gasteiger partial charge in [-0.15, -0.1) is 0 Å². The molecule has 4 rings (SSSR count). The van der Waals surface area contributed by atoms with Gasteiger partial charge in [-0.1, -0.05) is 43.3 Å². The third kappa shape index (κ3) is 3.20. The minimum Gasteiger partial charge on any atom is -0.461 e. The maximum Gasteiger partial charge on any atom is 0.274 e. The van der Waals surface area contributed by atoms with Crippen molar-refractivity contribution in [2.45, 2.75) is 26.8 Å². The number of fused-ring (bicyclic) bond motifs is 1. The quantitative estimate of drug-likeness (QED) is 0.507. The second-order valence-electron chi connectivity index (χ2n) is 6.93. The summed E-state index contributed by atoms with van der Waals surface area (Å²) >= 11 is 0. The molecule has 5 nitrogen and oxygen atoms in total. The number of carbonyl (C=O) groups excluding carboxylic acids is 1. The van der Waals surface area contributed by atoms with E-state index in [0.717, 1.165) is 40.1 Å². The Kier molecular flexibility index (Phi) is 4.74. The normalized spacial score (nSPS) is 11.1. The van der Waals surface area contributed by atoms with Crippen LogP contribution in [-0.4, -0.2) is 27.6 Å². The van der Waals surface area contributed by atoms with E-state index in [2.05, 4.69) is 12.0 Å². The summed E-state index contributed by atoms with van der Waals surface area (Å²) < 4.78 is 7.76. The molecule has 0 saturated heterocycles. The summed E-state index contributed by atoms with van der Waals surface area (Å²) in [5.41, 5.74) is 4.23. The molecule has 2 aromatic carbocycles. The molecule has 5 heteroatoms. The highest BCUT2D eigenvalue weighted by atomic mass is 16.3. The number of nitrogens with zero attached hydrogens (tertiary/aromatic N) is 3. The third-order valence-electron chi connectivity index (χ3n) is 4.95. The number of para-hydroxylation sites is 2. The molecule has 28 heavy (non-hydrogen) atoms. The van der Waals surface area contributed by atoms with Gasteiger partial charge in [-0.3, -0.25) is 4.79 Å². The first-order valence-corrected chi connectivity index (χ1v) is 9.45. The van der Waals surface area contributed by atoms with Gasteiger partial charge in [0.1, 0.15) is 11.3 Å². The van der Waals surface area contributed by atoms with Crippen molar-refractivity contribution < 1.29 is 9.21 Å². The van der Waals surface area contributed by atoms with Crippen LogP contribution in [0.25, 0.3) is 16.7 Å². The van der Waals surface area contributed by atoms with Gasteiger partial charge in [0.05, 0.1) is 5.69 Å². The van der Waals surface area contributed by atoms with Gasteiger partial charge in [-0.05, 0) is 31.2 Å². The standard InChI is InChI=1S/C23H23N3O2/c1-4-21-19(18-12-8-9-13-22(18)28-21)15-25(3)23(27)20-14-16(2)26(24-20)17-10-6-5-7-11-17/h5-14H,4,15H2,1-3H3. The summed E-state index contributed by atoms with van der Waals surface area (Å²) in [6, 6.07) is 19.6. The van der Waals surface area contributed by atoms with Gasteiger partial charge < -0.3 is 9.32 Å². The summed E-state index contributed by atoms with van der Waals surface area (Å²) in [5.74, 6) is 0.817. The Morgan fingerprint density at radius 2 is 1.82 bits per heavy atom. The van der Waals surface area contributed by atoms with Crippen LogP contribution in [0.5, 0.6) is 0 Å². The van der Waals surface area contributed by atoms with Crippen molar-refractivity contribution in [1.82, 2.24) is 14.7 Å². The van der Waals surface area contributed by atoms with Gasteiger partial charge in [-0.25, -0.2) is 4.68 Å². The van der Waals surface area contributed by atoms with Gasteiger partial charge in [0.15, 0.2) is 5.69 Å². The van der Waals surface area contributed by atoms with E-state index in [1.807, 2.05) is 67.6 Å². The Morgan fingerprint density at radius 1 is 1.11 bits per heavy atom. The van der Waals surface area contributed by atoms with Crippen molar-refractivity contribution in [3.05, 3.63) is 83.4 Å². The predicted molar refractivity (Wildman–Crippen MR) is 110 cm³/mol. The van der Waals surface area contributed by atoms with Crippen LogP contribution in [0.4, 0.5) is 0 Å². The van der Waals surface area contributed by atoms with Crippen molar-refractivity contribution in [2.75, 3.05) is 7.05 Å². The van der Waals surface area contributed by atoms with Crippen LogP contribution < -0.4 is 0 Å². The minimum absolute atomic E-state index is 0.106. The lowest BCUT2D eigenvalue weighted by Crippen LogP contribution is -2.27. The first kappa shape index (κ1) is 18.0. The number of hydrogen-bond donors (Lipinski definition) is 0. The van der Waals surface area contributed by atoms with Crippen LogP contribution in [0.15, 0.2) is 65.1 Å². The van der Waals surface area contributed by atoms with E-state index in [1.165, 1.54) is 0 Å². The molecular formula is C23H23N3O2. The monoisotopic (exact) mass is 373 g/mol. The predicted octanol–water partition coefficient (Wildman–Crippen LogP) is 4.76. The van der Waals surface area contributed by atoms with Gasteiger partial charge in [0, 0.05) is 36.7 Å². The Labute approximate surface area is 164 Å². The van der Waals surface area contributed by atoms with E-state index in [1.54, 1.807) is 16.6 Å². The lowest BCUT2D eigenvalue weighted by molar-refractivity contribution is 0.0778. The van der Waals surface area contributed by atoms with Crippen molar-refractivity contribution in [3.8, 4) is 5.69 Å². The molecule has 0 aliphatic heterocycles. The SMILES string of the molecule is CCc1oc2ccccc2c1CN(C)C(=O)c1cc(C)n(-c2ccccc2)n1. The minimum atomic E-state index is -0.106. The molecule has 0 bridgehead atoms. The zero-order valence-corrected chi connectivity index (χ0v) is 16.3. The second kappa shape index (κ2) is 7.35. The first-order chi connectivity index (χ1) is 13.6. The van der Waals surface area contributed by atoms with Crippen LogP contribution in [-0.2, 0) is 13.0 Å². The Hall–Kier alpha value is -3.34. The number of furan rings is 1. The lowest BCUT2D eigenvalue weighted by atomic mass is 10.1. The molecule has 0 saturated carbocycles. The number of carbonyl (C=O) groups is 1. The fourth-order valence-electron chi connectivity index (χ4n) is 3.52. The average Bonchev–Trinajstić information content (AvgIpc) is 3.28. The fourth-order valence-corrected chi connectivity index (χ4v) is 3.52. The number of aryl methyl sites for hydroxylation is 2. The molecule has 0 aliphatic carbocycles. The first-order valence-electron chi connectivity index (χ1n) is 9.45. The van der Waals surface area contributed by atoms with Crippen LogP contribution in [0.3, 0.4) is 0 Å². The molecule has 0 atom stereocenters. The molecule has 0 aliphatic rings. The zero-order valence-electron chi connectivity index (χ0n) is 16.3. The largest absolute Gasteiger partial charge is 0.461 e. The highest BCUT2D eigenvalue weighted by Crippen LogP contribution is 2.27. The van der Waals surface area contributed by atoms with E-state index in [0.29, 0.717) is 12.2 Å². The summed E-state index contributed by atoms with van der Waals surface area (Å²) in [4.78, 5) is 14.7. The van der Waals surface area contributed by atoms with Gasteiger partial charge >= 0.3 is 0 Å². The van der Waals surface area contributed by atoms with Gasteiger partial charge in [0.2, 0.25) is 0 Å². The smallest absolute Gasteiger partial charge is 0.274 e. The van der Waals surface area contributed by atoms with Crippen molar-refractivity contribution >= 4 is 16.9 Å². The summed E-state index contributed by atoms with van der Waals surface area (Å²) in [6.07, 6.45) is 0.786. The molecule has 4 aromatic rings. The molecule has 2 heterocycles. The summed E-state index contributed by atoms with van der Waals surface area (Å²) in [7, 11) is 1.81. The molecule has 0 spiro atoms. The molecule has 142 valence electrons. The van der Waals surface area contributed by atoms with E-state index < -0.39 is 0 Å². The molecule has 1 amide bonds. The molecule has 0 radical (unpaired) electrons. The molecule has 0 unspecified atom stereocenters. The molecular weight excluding hydrogens is 350 g/mol. The number of amides is 1. The lowest BCUT2D eigenvalue weighted by Gasteiger charge is -2.16. The van der Waals surface area contributed by atoms with E-state index in [4.69, 9.17) is 4.42 Å². The fraction of sp³-hybridized carbons (Fsp3) is 0.217. The Bertz CT molecular complexity index is 1130. The van der Waals surface area contributed by atoms with Crippen LogP contribution >= 0.6 is 0 Å². The van der Waals surface area contributed by atoms with E-state index >= 15 is 0 Å². The Balaban J connectivity index is 1.62. The number of benzene rings is 2. The zero-order chi connectivity index (χ0) is 19.7. The van der Waals surface area contributed by atoms with Crippen LogP contribution in [0.2, 0.25) is 0 Å². The highest BCUT2D eigenvalue weighted by Gasteiger charge is 2.21. The summed E-state index contributed by atoms with van der Waals surface area (Å²) in [6.45, 7) is 4.50. The van der Waals surface area contributed by atoms with Crippen LogP contribution in [0, 0.1) is 6.92 Å². The van der Waals surface area contributed by atoms with Crippen LogP contribution in [0.1, 0.15) is 34.4 Å². The highest BCUT2D eigenvalue weighted by molar-refractivity contribution is 5.92. The average molecular weight is 373 g/mol. The Morgan fingerprint density at radius 3 is 2.57 bits per heavy atom. The van der Waals surface area contributed by atoms with Crippen molar-refractivity contribution in [1.29, 1.82) is 0 Å². The number of aromatic nitrogens is 2. The van der Waals surface area contributed by atoms with Gasteiger partial charge in [-0.2, -0.15) is 5.10 Å². The van der Waals surface area contributed by atoms with Crippen molar-refractivity contribution in [2.24, 2.45) is 0 Å². The summed E-state index contributed by atoms with van der Waals surface area (Å²) in [5, 5.41) is 5.60.